The average Bonchev–Trinajstić information content (AvgIpc) is 3.01. The Hall–Kier alpha value is -3.15. The quantitative estimate of drug-likeness (QED) is 0.751. The van der Waals surface area contributed by atoms with Crippen LogP contribution in [0.2, 0.25) is 0 Å². The molecule has 0 bridgehead atoms. The molecule has 0 atom stereocenters. The van der Waals surface area contributed by atoms with Crippen molar-refractivity contribution in [1.82, 2.24) is 20.3 Å². The number of nitrogens with one attached hydrogen (secondary N) is 1. The van der Waals surface area contributed by atoms with Crippen LogP contribution in [0.5, 0.6) is 5.75 Å². The van der Waals surface area contributed by atoms with Gasteiger partial charge in [-0.3, -0.25) is 4.79 Å². The number of amides is 1. The summed E-state index contributed by atoms with van der Waals surface area (Å²) in [4.78, 5) is 12.4. The number of hydrogen-bond acceptors (Lipinski definition) is 4. The van der Waals surface area contributed by atoms with Gasteiger partial charge in [-0.2, -0.15) is 0 Å². The van der Waals surface area contributed by atoms with E-state index in [-0.39, 0.29) is 5.91 Å². The lowest BCUT2D eigenvalue weighted by atomic mass is 10.2. The van der Waals surface area contributed by atoms with E-state index in [0.29, 0.717) is 18.8 Å². The van der Waals surface area contributed by atoms with Gasteiger partial charge in [-0.1, -0.05) is 53.7 Å². The first-order chi connectivity index (χ1) is 12.2. The third-order valence-electron chi connectivity index (χ3n) is 4.00. The molecule has 1 heterocycles. The first-order valence-corrected chi connectivity index (χ1v) is 8.03. The zero-order valence-electron chi connectivity index (χ0n) is 14.3. The standard InChI is InChI=1S/C19H20N4O2/c1-14-18(21-22-23(14)13-15-8-4-3-5-9-15)19(24)20-12-16-10-6-7-11-17(16)25-2/h3-11H,12-13H2,1-2H3,(H,20,24). The molecular formula is C19H20N4O2. The molecule has 0 saturated heterocycles. The van der Waals surface area contributed by atoms with Crippen LogP contribution in [0.1, 0.15) is 27.3 Å². The predicted octanol–water partition coefficient (Wildman–Crippen LogP) is 2.57. The smallest absolute Gasteiger partial charge is 0.274 e. The number of aromatic nitrogens is 3. The van der Waals surface area contributed by atoms with Crippen molar-refractivity contribution in [3.05, 3.63) is 77.1 Å². The number of ether oxygens (including phenoxy) is 1. The molecule has 3 aromatic rings. The SMILES string of the molecule is COc1ccccc1CNC(=O)c1nnn(Cc2ccccc2)c1C. The van der Waals surface area contributed by atoms with Gasteiger partial charge < -0.3 is 10.1 Å². The van der Waals surface area contributed by atoms with Crippen LogP contribution in [0.4, 0.5) is 0 Å². The first-order valence-electron chi connectivity index (χ1n) is 8.03. The van der Waals surface area contributed by atoms with Crippen molar-refractivity contribution < 1.29 is 9.53 Å². The Kier molecular flexibility index (Phi) is 5.09. The van der Waals surface area contributed by atoms with E-state index in [1.54, 1.807) is 11.8 Å². The molecule has 0 fully saturated rings. The van der Waals surface area contributed by atoms with Crippen molar-refractivity contribution in [3.8, 4) is 5.75 Å². The summed E-state index contributed by atoms with van der Waals surface area (Å²) in [5.41, 5.74) is 3.09. The maximum absolute atomic E-state index is 12.4. The van der Waals surface area contributed by atoms with Crippen LogP contribution < -0.4 is 10.1 Å². The van der Waals surface area contributed by atoms with Gasteiger partial charge >= 0.3 is 0 Å². The second-order valence-electron chi connectivity index (χ2n) is 5.66. The second kappa shape index (κ2) is 7.61. The highest BCUT2D eigenvalue weighted by atomic mass is 16.5. The van der Waals surface area contributed by atoms with Gasteiger partial charge in [0.05, 0.1) is 19.3 Å². The summed E-state index contributed by atoms with van der Waals surface area (Å²) in [5.74, 6) is 0.495. The Bertz CT molecular complexity index is 859. The van der Waals surface area contributed by atoms with E-state index in [1.807, 2.05) is 61.5 Å². The van der Waals surface area contributed by atoms with Crippen molar-refractivity contribution >= 4 is 5.91 Å². The summed E-state index contributed by atoms with van der Waals surface area (Å²) in [5, 5.41) is 11.0. The molecule has 0 spiro atoms. The maximum Gasteiger partial charge on any atom is 0.274 e. The molecule has 0 radical (unpaired) electrons. The minimum Gasteiger partial charge on any atom is -0.496 e. The fraction of sp³-hybridized carbons (Fsp3) is 0.211. The molecule has 0 unspecified atom stereocenters. The third kappa shape index (κ3) is 3.85. The molecule has 1 N–H and O–H groups in total. The number of benzene rings is 2. The van der Waals surface area contributed by atoms with Gasteiger partial charge in [0.25, 0.3) is 5.91 Å². The Labute approximate surface area is 146 Å². The van der Waals surface area contributed by atoms with Crippen LogP contribution in [0, 0.1) is 6.92 Å². The van der Waals surface area contributed by atoms with Crippen LogP contribution in [-0.4, -0.2) is 28.0 Å². The van der Waals surface area contributed by atoms with Gasteiger partial charge in [-0.25, -0.2) is 4.68 Å². The van der Waals surface area contributed by atoms with E-state index in [1.165, 1.54) is 0 Å². The molecule has 2 aromatic carbocycles. The molecule has 128 valence electrons. The molecule has 6 nitrogen and oxygen atoms in total. The van der Waals surface area contributed by atoms with Gasteiger partial charge in [-0.15, -0.1) is 5.10 Å². The van der Waals surface area contributed by atoms with Crippen LogP contribution in [-0.2, 0) is 13.1 Å². The summed E-state index contributed by atoms with van der Waals surface area (Å²) in [6, 6.07) is 17.5. The van der Waals surface area contributed by atoms with E-state index in [2.05, 4.69) is 15.6 Å². The number of methoxy groups -OCH3 is 1. The first kappa shape index (κ1) is 16.7. The van der Waals surface area contributed by atoms with Gasteiger partial charge in [0.1, 0.15) is 5.75 Å². The summed E-state index contributed by atoms with van der Waals surface area (Å²) >= 11 is 0. The zero-order valence-corrected chi connectivity index (χ0v) is 14.3. The van der Waals surface area contributed by atoms with E-state index in [0.717, 1.165) is 22.6 Å². The number of carbonyl (C=O) groups excluding carboxylic acids is 1. The molecule has 0 saturated carbocycles. The van der Waals surface area contributed by atoms with Crippen molar-refractivity contribution in [1.29, 1.82) is 0 Å². The molecule has 3 rings (SSSR count). The minimum atomic E-state index is -0.247. The van der Waals surface area contributed by atoms with Crippen molar-refractivity contribution in [2.45, 2.75) is 20.0 Å². The Morgan fingerprint density at radius 3 is 2.60 bits per heavy atom. The second-order valence-corrected chi connectivity index (χ2v) is 5.66. The monoisotopic (exact) mass is 336 g/mol. The van der Waals surface area contributed by atoms with Gasteiger partial charge in [0.15, 0.2) is 5.69 Å². The summed E-state index contributed by atoms with van der Waals surface area (Å²) in [7, 11) is 1.61. The highest BCUT2D eigenvalue weighted by Gasteiger charge is 2.16. The van der Waals surface area contributed by atoms with E-state index >= 15 is 0 Å². The maximum atomic E-state index is 12.4. The number of nitrogens with zero attached hydrogens (tertiary/aromatic N) is 3. The van der Waals surface area contributed by atoms with Gasteiger partial charge in [0, 0.05) is 12.1 Å². The fourth-order valence-electron chi connectivity index (χ4n) is 2.58. The van der Waals surface area contributed by atoms with Crippen LogP contribution in [0.15, 0.2) is 54.6 Å². The lowest BCUT2D eigenvalue weighted by Crippen LogP contribution is -2.24. The third-order valence-corrected chi connectivity index (χ3v) is 4.00. The summed E-state index contributed by atoms with van der Waals surface area (Å²) < 4.78 is 7.02. The molecule has 0 aliphatic heterocycles. The highest BCUT2D eigenvalue weighted by molar-refractivity contribution is 5.93. The van der Waals surface area contributed by atoms with Crippen LogP contribution in [0.25, 0.3) is 0 Å². The Morgan fingerprint density at radius 1 is 1.12 bits per heavy atom. The number of carbonyl (C=O) groups is 1. The Morgan fingerprint density at radius 2 is 1.84 bits per heavy atom. The molecule has 0 aliphatic carbocycles. The molecule has 25 heavy (non-hydrogen) atoms. The molecule has 6 heteroatoms. The summed E-state index contributed by atoms with van der Waals surface area (Å²) in [6.07, 6.45) is 0. The molecular weight excluding hydrogens is 316 g/mol. The summed E-state index contributed by atoms with van der Waals surface area (Å²) in [6.45, 7) is 2.80. The normalized spacial score (nSPS) is 10.5. The van der Waals surface area contributed by atoms with Crippen molar-refractivity contribution in [3.63, 3.8) is 0 Å². The molecule has 0 aliphatic rings. The van der Waals surface area contributed by atoms with Gasteiger partial charge in [-0.05, 0) is 18.6 Å². The van der Waals surface area contributed by atoms with E-state index in [9.17, 15) is 4.79 Å². The van der Waals surface area contributed by atoms with Crippen LogP contribution >= 0.6 is 0 Å². The number of hydrogen-bond donors (Lipinski definition) is 1. The molecule has 1 amide bonds. The average molecular weight is 336 g/mol. The lowest BCUT2D eigenvalue weighted by molar-refractivity contribution is 0.0945. The van der Waals surface area contributed by atoms with Crippen LogP contribution in [0.3, 0.4) is 0 Å². The zero-order chi connectivity index (χ0) is 17.6. The topological polar surface area (TPSA) is 69.0 Å². The van der Waals surface area contributed by atoms with E-state index in [4.69, 9.17) is 4.74 Å². The number of rotatable bonds is 6. The van der Waals surface area contributed by atoms with Crippen molar-refractivity contribution in [2.75, 3.05) is 7.11 Å². The van der Waals surface area contributed by atoms with E-state index < -0.39 is 0 Å². The minimum absolute atomic E-state index is 0.247. The number of para-hydroxylation sites is 1. The predicted molar refractivity (Wildman–Crippen MR) is 94.5 cm³/mol. The molecule has 1 aromatic heterocycles. The van der Waals surface area contributed by atoms with Gasteiger partial charge in [0.2, 0.25) is 0 Å². The fourth-order valence-corrected chi connectivity index (χ4v) is 2.58. The lowest BCUT2D eigenvalue weighted by Gasteiger charge is -2.09. The van der Waals surface area contributed by atoms with Crippen molar-refractivity contribution in [2.24, 2.45) is 0 Å². The Balaban J connectivity index is 1.69. The highest BCUT2D eigenvalue weighted by Crippen LogP contribution is 2.17. The largest absolute Gasteiger partial charge is 0.496 e.